The first-order chi connectivity index (χ1) is 11.1. The fraction of sp³-hybridized carbons (Fsp3) is 0.158. The Morgan fingerprint density at radius 3 is 1.74 bits per heavy atom. The molecule has 0 saturated carbocycles. The van der Waals surface area contributed by atoms with Crippen LogP contribution in [0.4, 0.5) is 16.2 Å². The predicted molar refractivity (Wildman–Crippen MR) is 92.3 cm³/mol. The molecule has 0 fully saturated rings. The SMILES string of the molecule is Cc1nn(C(=O)N(c2ccccc2)c2ccccc2)c(C)c1C. The first kappa shape index (κ1) is 15.0. The lowest BCUT2D eigenvalue weighted by atomic mass is 10.2. The van der Waals surface area contributed by atoms with Gasteiger partial charge in [0.2, 0.25) is 0 Å². The van der Waals surface area contributed by atoms with Crippen LogP contribution in [0.2, 0.25) is 0 Å². The second-order valence-electron chi connectivity index (χ2n) is 5.50. The minimum absolute atomic E-state index is 0.184. The van der Waals surface area contributed by atoms with Crippen LogP contribution in [0.15, 0.2) is 60.7 Å². The van der Waals surface area contributed by atoms with Crippen molar-refractivity contribution in [1.29, 1.82) is 0 Å². The van der Waals surface area contributed by atoms with Crippen molar-refractivity contribution < 1.29 is 4.79 Å². The van der Waals surface area contributed by atoms with Gasteiger partial charge in [0.1, 0.15) is 0 Å². The van der Waals surface area contributed by atoms with Crippen LogP contribution in [0.3, 0.4) is 0 Å². The van der Waals surface area contributed by atoms with E-state index in [9.17, 15) is 4.79 Å². The number of benzene rings is 2. The summed E-state index contributed by atoms with van der Waals surface area (Å²) in [5.74, 6) is 0. The lowest BCUT2D eigenvalue weighted by molar-refractivity contribution is 0.246. The lowest BCUT2D eigenvalue weighted by Crippen LogP contribution is -2.32. The van der Waals surface area contributed by atoms with Gasteiger partial charge in [-0.25, -0.2) is 4.79 Å². The Morgan fingerprint density at radius 1 is 0.870 bits per heavy atom. The van der Waals surface area contributed by atoms with Gasteiger partial charge in [0.25, 0.3) is 0 Å². The summed E-state index contributed by atoms with van der Waals surface area (Å²) in [4.78, 5) is 14.8. The quantitative estimate of drug-likeness (QED) is 0.693. The summed E-state index contributed by atoms with van der Waals surface area (Å²) < 4.78 is 1.48. The standard InChI is InChI=1S/C19H19N3O/c1-14-15(2)20-22(16(14)3)19(23)21(17-10-6-4-7-11-17)18-12-8-5-9-13-18/h4-13H,1-3H3. The van der Waals surface area contributed by atoms with E-state index in [0.717, 1.165) is 28.3 Å². The van der Waals surface area contributed by atoms with E-state index >= 15 is 0 Å². The lowest BCUT2D eigenvalue weighted by Gasteiger charge is -2.23. The maximum Gasteiger partial charge on any atom is 0.354 e. The molecular formula is C19H19N3O. The Morgan fingerprint density at radius 2 is 1.35 bits per heavy atom. The van der Waals surface area contributed by atoms with Crippen LogP contribution in [-0.2, 0) is 0 Å². The number of carbonyl (C=O) groups excluding carboxylic acids is 1. The fourth-order valence-corrected chi connectivity index (χ4v) is 2.53. The number of aromatic nitrogens is 2. The van der Waals surface area contributed by atoms with Crippen molar-refractivity contribution in [3.05, 3.63) is 77.6 Å². The van der Waals surface area contributed by atoms with Crippen LogP contribution in [0.5, 0.6) is 0 Å². The van der Waals surface area contributed by atoms with Crippen molar-refractivity contribution >= 4 is 17.4 Å². The van der Waals surface area contributed by atoms with E-state index in [0.29, 0.717) is 0 Å². The Hall–Kier alpha value is -2.88. The number of amides is 1. The predicted octanol–water partition coefficient (Wildman–Crippen LogP) is 4.61. The molecule has 116 valence electrons. The molecule has 0 N–H and O–H groups in total. The van der Waals surface area contributed by atoms with Gasteiger partial charge in [-0.3, -0.25) is 4.90 Å². The van der Waals surface area contributed by atoms with Gasteiger partial charge < -0.3 is 0 Å². The van der Waals surface area contributed by atoms with E-state index in [1.165, 1.54) is 4.68 Å². The molecule has 23 heavy (non-hydrogen) atoms. The highest BCUT2D eigenvalue weighted by Gasteiger charge is 2.23. The molecule has 0 aliphatic rings. The van der Waals surface area contributed by atoms with Crippen LogP contribution in [-0.4, -0.2) is 15.8 Å². The Labute approximate surface area is 136 Å². The second-order valence-corrected chi connectivity index (χ2v) is 5.50. The van der Waals surface area contributed by atoms with E-state index in [1.807, 2.05) is 81.4 Å². The summed E-state index contributed by atoms with van der Waals surface area (Å²) >= 11 is 0. The van der Waals surface area contributed by atoms with Crippen molar-refractivity contribution in [1.82, 2.24) is 9.78 Å². The molecule has 0 aliphatic heterocycles. The zero-order valence-electron chi connectivity index (χ0n) is 13.5. The molecule has 3 rings (SSSR count). The van der Waals surface area contributed by atoms with Crippen LogP contribution in [0, 0.1) is 20.8 Å². The van der Waals surface area contributed by atoms with Crippen LogP contribution in [0.1, 0.15) is 17.0 Å². The third-order valence-corrected chi connectivity index (χ3v) is 4.05. The fourth-order valence-electron chi connectivity index (χ4n) is 2.53. The van der Waals surface area contributed by atoms with Crippen LogP contribution >= 0.6 is 0 Å². The number of aryl methyl sites for hydroxylation is 1. The van der Waals surface area contributed by atoms with E-state index < -0.39 is 0 Å². The van der Waals surface area contributed by atoms with E-state index in [2.05, 4.69) is 5.10 Å². The van der Waals surface area contributed by atoms with Gasteiger partial charge >= 0.3 is 6.03 Å². The Balaban J connectivity index is 2.12. The van der Waals surface area contributed by atoms with Crippen molar-refractivity contribution in [2.45, 2.75) is 20.8 Å². The Kier molecular flexibility index (Phi) is 3.98. The summed E-state index contributed by atoms with van der Waals surface area (Å²) in [6.07, 6.45) is 0. The molecule has 1 aromatic heterocycles. The van der Waals surface area contributed by atoms with Gasteiger partial charge in [0, 0.05) is 5.69 Å². The normalized spacial score (nSPS) is 10.6. The van der Waals surface area contributed by atoms with Gasteiger partial charge in [-0.05, 0) is 50.6 Å². The third-order valence-electron chi connectivity index (χ3n) is 4.05. The van der Waals surface area contributed by atoms with Gasteiger partial charge in [0.15, 0.2) is 0 Å². The molecule has 0 unspecified atom stereocenters. The molecule has 0 radical (unpaired) electrons. The monoisotopic (exact) mass is 305 g/mol. The van der Waals surface area contributed by atoms with Gasteiger partial charge in [0.05, 0.1) is 17.1 Å². The van der Waals surface area contributed by atoms with Gasteiger partial charge in [-0.2, -0.15) is 9.78 Å². The van der Waals surface area contributed by atoms with Crippen LogP contribution in [0.25, 0.3) is 0 Å². The number of rotatable bonds is 2. The van der Waals surface area contributed by atoms with E-state index in [4.69, 9.17) is 0 Å². The van der Waals surface area contributed by atoms with Crippen molar-refractivity contribution in [2.24, 2.45) is 0 Å². The van der Waals surface area contributed by atoms with Crippen LogP contribution < -0.4 is 4.90 Å². The third kappa shape index (κ3) is 2.75. The highest BCUT2D eigenvalue weighted by atomic mass is 16.2. The molecule has 0 saturated heterocycles. The van der Waals surface area contributed by atoms with Crippen molar-refractivity contribution in [3.8, 4) is 0 Å². The number of carbonyl (C=O) groups is 1. The summed E-state index contributed by atoms with van der Waals surface area (Å²) in [5, 5.41) is 4.41. The summed E-state index contributed by atoms with van der Waals surface area (Å²) in [7, 11) is 0. The maximum atomic E-state index is 13.2. The minimum atomic E-state index is -0.184. The summed E-state index contributed by atoms with van der Waals surface area (Å²) in [5.41, 5.74) is 4.41. The molecule has 0 bridgehead atoms. The zero-order valence-corrected chi connectivity index (χ0v) is 13.5. The highest BCUT2D eigenvalue weighted by Crippen LogP contribution is 2.26. The number of anilines is 2. The topological polar surface area (TPSA) is 38.1 Å². The van der Waals surface area contributed by atoms with Gasteiger partial charge in [-0.15, -0.1) is 0 Å². The average molecular weight is 305 g/mol. The van der Waals surface area contributed by atoms with Gasteiger partial charge in [-0.1, -0.05) is 36.4 Å². The molecule has 0 spiro atoms. The molecule has 4 nitrogen and oxygen atoms in total. The number of para-hydroxylation sites is 2. The number of hydrogen-bond donors (Lipinski definition) is 0. The van der Waals surface area contributed by atoms with E-state index in [-0.39, 0.29) is 6.03 Å². The molecule has 4 heteroatoms. The first-order valence-corrected chi connectivity index (χ1v) is 7.57. The number of hydrogen-bond acceptors (Lipinski definition) is 2. The molecule has 1 heterocycles. The molecule has 3 aromatic rings. The molecular weight excluding hydrogens is 286 g/mol. The van der Waals surface area contributed by atoms with Crippen molar-refractivity contribution in [2.75, 3.05) is 4.90 Å². The zero-order chi connectivity index (χ0) is 16.4. The summed E-state index contributed by atoms with van der Waals surface area (Å²) in [6.45, 7) is 5.82. The maximum absolute atomic E-state index is 13.2. The van der Waals surface area contributed by atoms with Crippen molar-refractivity contribution in [3.63, 3.8) is 0 Å². The minimum Gasteiger partial charge on any atom is -0.261 e. The van der Waals surface area contributed by atoms with E-state index in [1.54, 1.807) is 4.90 Å². The molecule has 0 aliphatic carbocycles. The largest absolute Gasteiger partial charge is 0.354 e. The molecule has 2 aromatic carbocycles. The average Bonchev–Trinajstić information content (AvgIpc) is 2.84. The molecule has 0 atom stereocenters. The first-order valence-electron chi connectivity index (χ1n) is 7.57. The smallest absolute Gasteiger partial charge is 0.261 e. The molecule has 1 amide bonds. The summed E-state index contributed by atoms with van der Waals surface area (Å²) in [6, 6.07) is 19.1. The Bertz CT molecular complexity index is 783. The highest BCUT2D eigenvalue weighted by molar-refractivity contribution is 6.00. The number of nitrogens with zero attached hydrogens (tertiary/aromatic N) is 3. The second kappa shape index (κ2) is 6.08.